The lowest BCUT2D eigenvalue weighted by atomic mass is 9.99. The molecule has 0 aliphatic rings. The number of nitrogens with zero attached hydrogens (tertiary/aromatic N) is 2. The first-order valence-corrected chi connectivity index (χ1v) is 7.69. The van der Waals surface area contributed by atoms with Crippen molar-refractivity contribution in [2.45, 2.75) is 6.92 Å². The standard InChI is InChI=1S/C19H14N2O5/c1-12-10-18(21(25)26)17(11-20(12)24)15-6-2-13(3-7-15)14-4-8-16(9-5-14)19(22)23/h2-11H,1H3,(H,22,23). The Morgan fingerprint density at radius 2 is 1.50 bits per heavy atom. The molecule has 26 heavy (non-hydrogen) atoms. The summed E-state index contributed by atoms with van der Waals surface area (Å²) in [5, 5.41) is 32.0. The van der Waals surface area contributed by atoms with Gasteiger partial charge in [-0.25, -0.2) is 4.79 Å². The minimum Gasteiger partial charge on any atom is -0.618 e. The van der Waals surface area contributed by atoms with Crippen molar-refractivity contribution in [2.75, 3.05) is 0 Å². The molecule has 1 aromatic heterocycles. The summed E-state index contributed by atoms with van der Waals surface area (Å²) in [6.45, 7) is 1.51. The summed E-state index contributed by atoms with van der Waals surface area (Å²) in [5.41, 5.74) is 2.74. The maximum absolute atomic E-state index is 11.8. The maximum atomic E-state index is 11.8. The number of hydrogen-bond donors (Lipinski definition) is 1. The van der Waals surface area contributed by atoms with Crippen LogP contribution in [-0.2, 0) is 0 Å². The van der Waals surface area contributed by atoms with Crippen molar-refractivity contribution in [3.05, 3.63) is 87.4 Å². The van der Waals surface area contributed by atoms with Crippen molar-refractivity contribution in [3.8, 4) is 22.3 Å². The van der Waals surface area contributed by atoms with Gasteiger partial charge in [0, 0.05) is 6.92 Å². The highest BCUT2D eigenvalue weighted by molar-refractivity contribution is 5.88. The van der Waals surface area contributed by atoms with Crippen molar-refractivity contribution < 1.29 is 19.6 Å². The summed E-state index contributed by atoms with van der Waals surface area (Å²) in [5.74, 6) is -0.996. The number of rotatable bonds is 4. The molecule has 0 amide bonds. The molecule has 0 aliphatic heterocycles. The van der Waals surface area contributed by atoms with Crippen LogP contribution in [-0.4, -0.2) is 16.0 Å². The number of aryl methyl sites for hydroxylation is 1. The van der Waals surface area contributed by atoms with E-state index >= 15 is 0 Å². The highest BCUT2D eigenvalue weighted by Crippen LogP contribution is 2.31. The molecule has 0 saturated heterocycles. The van der Waals surface area contributed by atoms with Crippen LogP contribution in [0, 0.1) is 22.2 Å². The van der Waals surface area contributed by atoms with Gasteiger partial charge in [0.15, 0.2) is 11.9 Å². The van der Waals surface area contributed by atoms with Gasteiger partial charge in [-0.2, -0.15) is 4.73 Å². The fourth-order valence-electron chi connectivity index (χ4n) is 2.65. The van der Waals surface area contributed by atoms with Gasteiger partial charge in [0.05, 0.1) is 16.6 Å². The van der Waals surface area contributed by atoms with E-state index in [0.29, 0.717) is 10.3 Å². The molecule has 0 unspecified atom stereocenters. The quantitative estimate of drug-likeness (QED) is 0.335. The number of hydrogen-bond acceptors (Lipinski definition) is 4. The Kier molecular flexibility index (Phi) is 4.36. The summed E-state index contributed by atoms with van der Waals surface area (Å²) in [7, 11) is 0. The molecule has 0 fully saturated rings. The predicted octanol–water partition coefficient (Wildman–Crippen LogP) is 3.57. The van der Waals surface area contributed by atoms with Gasteiger partial charge >= 0.3 is 5.97 Å². The Labute approximate surface area is 148 Å². The lowest BCUT2D eigenvalue weighted by molar-refractivity contribution is -0.612. The van der Waals surface area contributed by atoms with Crippen molar-refractivity contribution in [3.63, 3.8) is 0 Å². The lowest BCUT2D eigenvalue weighted by Gasteiger charge is -2.07. The maximum Gasteiger partial charge on any atom is 0.335 e. The topological polar surface area (TPSA) is 107 Å². The first kappa shape index (κ1) is 17.1. The van der Waals surface area contributed by atoms with Crippen molar-refractivity contribution in [2.24, 2.45) is 0 Å². The molecule has 3 aromatic rings. The summed E-state index contributed by atoms with van der Waals surface area (Å²) < 4.78 is 0.598. The van der Waals surface area contributed by atoms with Crippen LogP contribution in [0.4, 0.5) is 5.69 Å². The molecule has 0 saturated carbocycles. The molecular formula is C19H14N2O5. The zero-order valence-corrected chi connectivity index (χ0v) is 13.7. The van der Waals surface area contributed by atoms with E-state index in [0.717, 1.165) is 11.1 Å². The first-order valence-electron chi connectivity index (χ1n) is 7.69. The average Bonchev–Trinajstić information content (AvgIpc) is 2.63. The SMILES string of the molecule is Cc1cc([N+](=O)[O-])c(-c2ccc(-c3ccc(C(=O)O)cc3)cc2)c[n+]1[O-]. The van der Waals surface area contributed by atoms with E-state index < -0.39 is 10.9 Å². The smallest absolute Gasteiger partial charge is 0.335 e. The number of nitro groups is 1. The summed E-state index contributed by atoms with van der Waals surface area (Å²) in [4.78, 5) is 21.7. The van der Waals surface area contributed by atoms with Crippen LogP contribution < -0.4 is 4.73 Å². The second kappa shape index (κ2) is 6.64. The van der Waals surface area contributed by atoms with Crippen LogP contribution in [0.5, 0.6) is 0 Å². The Balaban J connectivity index is 1.99. The van der Waals surface area contributed by atoms with E-state index in [9.17, 15) is 20.1 Å². The summed E-state index contributed by atoms with van der Waals surface area (Å²) in [6, 6.07) is 14.6. The number of carboxylic acids is 1. The van der Waals surface area contributed by atoms with E-state index in [1.54, 1.807) is 36.4 Å². The number of pyridine rings is 1. The average molecular weight is 350 g/mol. The molecule has 0 radical (unpaired) electrons. The minimum atomic E-state index is -0.996. The Morgan fingerprint density at radius 3 is 2.00 bits per heavy atom. The Hall–Kier alpha value is -3.74. The van der Waals surface area contributed by atoms with Crippen LogP contribution in [0.15, 0.2) is 60.8 Å². The zero-order valence-electron chi connectivity index (χ0n) is 13.7. The van der Waals surface area contributed by atoms with Crippen LogP contribution in [0.2, 0.25) is 0 Å². The highest BCUT2D eigenvalue weighted by atomic mass is 16.6. The van der Waals surface area contributed by atoms with E-state index in [4.69, 9.17) is 5.11 Å². The number of aromatic carboxylic acids is 1. The third kappa shape index (κ3) is 3.23. The number of carbonyl (C=O) groups is 1. The van der Waals surface area contributed by atoms with Crippen molar-refractivity contribution >= 4 is 11.7 Å². The number of benzene rings is 2. The van der Waals surface area contributed by atoms with Gasteiger partial charge in [-0.3, -0.25) is 10.1 Å². The molecule has 2 aromatic carbocycles. The fourth-order valence-corrected chi connectivity index (χ4v) is 2.65. The molecule has 7 heteroatoms. The Morgan fingerprint density at radius 1 is 1.00 bits per heavy atom. The molecule has 3 rings (SSSR count). The lowest BCUT2D eigenvalue weighted by Crippen LogP contribution is -2.29. The Bertz CT molecular complexity index is 996. The highest BCUT2D eigenvalue weighted by Gasteiger charge is 2.21. The van der Waals surface area contributed by atoms with Gasteiger partial charge in [-0.15, -0.1) is 0 Å². The number of carboxylic acid groups (broad SMARTS) is 1. The van der Waals surface area contributed by atoms with E-state index in [1.165, 1.54) is 31.3 Å². The molecule has 1 N–H and O–H groups in total. The molecule has 1 heterocycles. The third-order valence-corrected chi connectivity index (χ3v) is 4.07. The van der Waals surface area contributed by atoms with Gasteiger partial charge in [0.1, 0.15) is 5.56 Å². The summed E-state index contributed by atoms with van der Waals surface area (Å²) in [6.07, 6.45) is 1.20. The van der Waals surface area contributed by atoms with Crippen molar-refractivity contribution in [1.29, 1.82) is 0 Å². The predicted molar refractivity (Wildman–Crippen MR) is 94.6 cm³/mol. The normalized spacial score (nSPS) is 10.5. The van der Waals surface area contributed by atoms with Crippen LogP contribution >= 0.6 is 0 Å². The van der Waals surface area contributed by atoms with Crippen LogP contribution in [0.1, 0.15) is 16.1 Å². The first-order chi connectivity index (χ1) is 12.4. The van der Waals surface area contributed by atoms with Gasteiger partial charge < -0.3 is 10.3 Å². The van der Waals surface area contributed by atoms with Crippen molar-refractivity contribution in [1.82, 2.24) is 0 Å². The zero-order chi connectivity index (χ0) is 18.8. The molecule has 0 spiro atoms. The van der Waals surface area contributed by atoms with Gasteiger partial charge in [0.2, 0.25) is 0 Å². The molecule has 7 nitrogen and oxygen atoms in total. The molecule has 0 atom stereocenters. The van der Waals surface area contributed by atoms with E-state index in [1.807, 2.05) is 0 Å². The molecular weight excluding hydrogens is 336 g/mol. The fraction of sp³-hybridized carbons (Fsp3) is 0.0526. The monoisotopic (exact) mass is 350 g/mol. The second-order valence-electron chi connectivity index (χ2n) is 5.76. The second-order valence-corrected chi connectivity index (χ2v) is 5.76. The van der Waals surface area contributed by atoms with Crippen LogP contribution in [0.25, 0.3) is 22.3 Å². The van der Waals surface area contributed by atoms with Crippen LogP contribution in [0.3, 0.4) is 0 Å². The van der Waals surface area contributed by atoms with Gasteiger partial charge in [-0.1, -0.05) is 36.4 Å². The summed E-state index contributed by atoms with van der Waals surface area (Å²) >= 11 is 0. The molecule has 0 bridgehead atoms. The van der Waals surface area contributed by atoms with E-state index in [-0.39, 0.29) is 22.5 Å². The molecule has 130 valence electrons. The van der Waals surface area contributed by atoms with Gasteiger partial charge in [-0.05, 0) is 28.8 Å². The van der Waals surface area contributed by atoms with E-state index in [2.05, 4.69) is 0 Å². The van der Waals surface area contributed by atoms with Gasteiger partial charge in [0.25, 0.3) is 5.69 Å². The number of aromatic nitrogens is 1. The minimum absolute atomic E-state index is 0.131. The third-order valence-electron chi connectivity index (χ3n) is 4.07. The molecule has 0 aliphatic carbocycles. The largest absolute Gasteiger partial charge is 0.618 e.